The Hall–Kier alpha value is -2.58. The van der Waals surface area contributed by atoms with E-state index in [9.17, 15) is 13.2 Å². The van der Waals surface area contributed by atoms with E-state index in [0.717, 1.165) is 6.07 Å². The number of nitrogens with two attached hydrogens (primary N) is 1. The zero-order valence-electron chi connectivity index (χ0n) is 10.8. The fourth-order valence-corrected chi connectivity index (χ4v) is 2.12. The number of nitrogens with one attached hydrogen (secondary N) is 2. The first-order chi connectivity index (χ1) is 9.84. The molecule has 0 radical (unpaired) electrons. The van der Waals surface area contributed by atoms with Crippen molar-refractivity contribution in [2.45, 2.75) is 4.90 Å². The summed E-state index contributed by atoms with van der Waals surface area (Å²) in [5, 5.41) is 5.02. The van der Waals surface area contributed by atoms with Gasteiger partial charge in [-0.15, -0.1) is 0 Å². The van der Waals surface area contributed by atoms with E-state index in [1.807, 2.05) is 0 Å². The average molecular weight is 307 g/mol. The number of rotatable bonds is 3. The second-order valence-electron chi connectivity index (χ2n) is 4.20. The van der Waals surface area contributed by atoms with Crippen molar-refractivity contribution >= 4 is 33.2 Å². The van der Waals surface area contributed by atoms with E-state index in [-0.39, 0.29) is 10.6 Å². The van der Waals surface area contributed by atoms with Crippen LogP contribution in [0.4, 0.5) is 21.9 Å². The van der Waals surface area contributed by atoms with Crippen LogP contribution in [0.3, 0.4) is 0 Å². The molecule has 0 aromatic heterocycles. The highest BCUT2D eigenvalue weighted by atomic mass is 32.2. The Morgan fingerprint density at radius 2 is 1.62 bits per heavy atom. The monoisotopic (exact) mass is 307 g/mol. The molecule has 0 bridgehead atoms. The molecule has 0 unspecified atom stereocenters. The van der Waals surface area contributed by atoms with Gasteiger partial charge in [0.25, 0.3) is 10.1 Å². The summed E-state index contributed by atoms with van der Waals surface area (Å²) in [4.78, 5) is 11.5. The summed E-state index contributed by atoms with van der Waals surface area (Å²) in [6.45, 7) is 0. The first-order valence-corrected chi connectivity index (χ1v) is 7.30. The van der Waals surface area contributed by atoms with Crippen LogP contribution < -0.4 is 16.4 Å². The third-order valence-corrected chi connectivity index (χ3v) is 3.41. The number of carbonyl (C=O) groups excluding carboxylic acids is 1. The normalized spacial score (nSPS) is 10.9. The Balaban J connectivity index is 2.08. The third-order valence-electron chi connectivity index (χ3n) is 2.56. The second kappa shape index (κ2) is 5.81. The smallest absolute Gasteiger partial charge is 0.323 e. The molecular formula is C13H13N3O4S. The van der Waals surface area contributed by atoms with Crippen molar-refractivity contribution in [3.63, 3.8) is 0 Å². The minimum Gasteiger partial charge on any atom is -0.399 e. The minimum absolute atomic E-state index is 0.234. The lowest BCUT2D eigenvalue weighted by Gasteiger charge is -2.08. The standard InChI is InChI=1S/C13H13N3O4S/c14-9-4-6-10(7-5-9)15-13(17)16-11-2-1-3-12(8-11)21(18,19)20/h1-8H,14H2,(H2,15,16,17)(H,18,19,20). The van der Waals surface area contributed by atoms with Crippen LogP contribution in [0.2, 0.25) is 0 Å². The largest absolute Gasteiger partial charge is 0.399 e. The van der Waals surface area contributed by atoms with Gasteiger partial charge in [-0.05, 0) is 42.5 Å². The number of carbonyl (C=O) groups is 1. The quantitative estimate of drug-likeness (QED) is 0.511. The number of anilines is 3. The van der Waals surface area contributed by atoms with Gasteiger partial charge in [0.2, 0.25) is 0 Å². The van der Waals surface area contributed by atoms with Crippen molar-refractivity contribution in [2.24, 2.45) is 0 Å². The Morgan fingerprint density at radius 3 is 2.24 bits per heavy atom. The first-order valence-electron chi connectivity index (χ1n) is 5.86. The van der Waals surface area contributed by atoms with Crippen molar-refractivity contribution in [3.05, 3.63) is 48.5 Å². The fourth-order valence-electron chi connectivity index (χ4n) is 1.59. The highest BCUT2D eigenvalue weighted by Crippen LogP contribution is 2.16. The molecule has 0 heterocycles. The van der Waals surface area contributed by atoms with Crippen molar-refractivity contribution in [3.8, 4) is 0 Å². The van der Waals surface area contributed by atoms with Gasteiger partial charge in [-0.1, -0.05) is 6.07 Å². The molecule has 0 saturated carbocycles. The van der Waals surface area contributed by atoms with Gasteiger partial charge in [0.05, 0.1) is 4.90 Å². The van der Waals surface area contributed by atoms with Gasteiger partial charge >= 0.3 is 6.03 Å². The second-order valence-corrected chi connectivity index (χ2v) is 5.63. The lowest BCUT2D eigenvalue weighted by molar-refractivity contribution is 0.262. The molecule has 2 aromatic rings. The summed E-state index contributed by atoms with van der Waals surface area (Å²) in [5.74, 6) is 0. The molecule has 2 aromatic carbocycles. The summed E-state index contributed by atoms with van der Waals surface area (Å²) in [6, 6.07) is 11.2. The molecule has 7 nitrogen and oxygen atoms in total. The lowest BCUT2D eigenvalue weighted by Crippen LogP contribution is -2.19. The van der Waals surface area contributed by atoms with E-state index in [1.165, 1.54) is 18.2 Å². The maximum Gasteiger partial charge on any atom is 0.323 e. The van der Waals surface area contributed by atoms with Crippen molar-refractivity contribution in [1.82, 2.24) is 0 Å². The number of amides is 2. The molecule has 0 aliphatic rings. The van der Waals surface area contributed by atoms with Crippen LogP contribution >= 0.6 is 0 Å². The molecule has 21 heavy (non-hydrogen) atoms. The van der Waals surface area contributed by atoms with Crippen LogP contribution in [-0.2, 0) is 10.1 Å². The van der Waals surface area contributed by atoms with Crippen LogP contribution in [0, 0.1) is 0 Å². The molecule has 5 N–H and O–H groups in total. The van der Waals surface area contributed by atoms with Crippen LogP contribution in [-0.4, -0.2) is 19.0 Å². The minimum atomic E-state index is -4.31. The van der Waals surface area contributed by atoms with Crippen molar-refractivity contribution < 1.29 is 17.8 Å². The molecule has 8 heteroatoms. The van der Waals surface area contributed by atoms with Gasteiger partial charge in [0, 0.05) is 17.1 Å². The Labute approximate surface area is 121 Å². The van der Waals surface area contributed by atoms with E-state index in [2.05, 4.69) is 10.6 Å². The van der Waals surface area contributed by atoms with Crippen LogP contribution in [0.5, 0.6) is 0 Å². The Bertz CT molecular complexity index is 757. The van der Waals surface area contributed by atoms with E-state index >= 15 is 0 Å². The number of hydrogen-bond acceptors (Lipinski definition) is 4. The highest BCUT2D eigenvalue weighted by Gasteiger charge is 2.10. The summed E-state index contributed by atoms with van der Waals surface area (Å²) < 4.78 is 31.0. The molecule has 0 aliphatic carbocycles. The fraction of sp³-hybridized carbons (Fsp3) is 0. The molecule has 110 valence electrons. The predicted octanol–water partition coefficient (Wildman–Crippen LogP) is 2.16. The molecule has 0 spiro atoms. The van der Waals surface area contributed by atoms with E-state index in [0.29, 0.717) is 11.4 Å². The molecule has 2 amide bonds. The van der Waals surface area contributed by atoms with Gasteiger partial charge in [-0.2, -0.15) is 8.42 Å². The highest BCUT2D eigenvalue weighted by molar-refractivity contribution is 7.85. The predicted molar refractivity (Wildman–Crippen MR) is 79.8 cm³/mol. The first kappa shape index (κ1) is 14.8. The van der Waals surface area contributed by atoms with Crippen molar-refractivity contribution in [2.75, 3.05) is 16.4 Å². The number of hydrogen-bond donors (Lipinski definition) is 4. The topological polar surface area (TPSA) is 122 Å². The average Bonchev–Trinajstić information content (AvgIpc) is 2.41. The molecule has 0 saturated heterocycles. The van der Waals surface area contributed by atoms with E-state index < -0.39 is 16.1 Å². The molecule has 0 aliphatic heterocycles. The number of benzene rings is 2. The van der Waals surface area contributed by atoms with Crippen LogP contribution in [0.15, 0.2) is 53.4 Å². The van der Waals surface area contributed by atoms with Gasteiger partial charge in [0.1, 0.15) is 0 Å². The lowest BCUT2D eigenvalue weighted by atomic mass is 10.3. The van der Waals surface area contributed by atoms with Gasteiger partial charge in [-0.3, -0.25) is 4.55 Å². The zero-order chi connectivity index (χ0) is 15.5. The van der Waals surface area contributed by atoms with Crippen molar-refractivity contribution in [1.29, 1.82) is 0 Å². The van der Waals surface area contributed by atoms with E-state index in [1.54, 1.807) is 24.3 Å². The van der Waals surface area contributed by atoms with Crippen LogP contribution in [0.1, 0.15) is 0 Å². The molecule has 0 atom stereocenters. The number of urea groups is 1. The van der Waals surface area contributed by atoms with Gasteiger partial charge in [-0.25, -0.2) is 4.79 Å². The molecule has 2 rings (SSSR count). The Kier molecular flexibility index (Phi) is 4.10. The molecular weight excluding hydrogens is 294 g/mol. The third kappa shape index (κ3) is 4.20. The molecule has 0 fully saturated rings. The maximum absolute atomic E-state index is 11.8. The van der Waals surface area contributed by atoms with E-state index in [4.69, 9.17) is 10.3 Å². The summed E-state index contributed by atoms with van der Waals surface area (Å²) in [7, 11) is -4.31. The Morgan fingerprint density at radius 1 is 1.00 bits per heavy atom. The summed E-state index contributed by atoms with van der Waals surface area (Å²) in [5.41, 5.74) is 6.87. The van der Waals surface area contributed by atoms with Gasteiger partial charge in [0.15, 0.2) is 0 Å². The maximum atomic E-state index is 11.8. The SMILES string of the molecule is Nc1ccc(NC(=O)Nc2cccc(S(=O)(=O)O)c2)cc1. The van der Waals surface area contributed by atoms with Gasteiger partial charge < -0.3 is 16.4 Å². The number of nitrogen functional groups attached to an aromatic ring is 1. The zero-order valence-corrected chi connectivity index (χ0v) is 11.6. The van der Waals surface area contributed by atoms with Crippen LogP contribution in [0.25, 0.3) is 0 Å². The summed E-state index contributed by atoms with van der Waals surface area (Å²) >= 11 is 0. The summed E-state index contributed by atoms with van der Waals surface area (Å²) in [6.07, 6.45) is 0.